The normalized spacial score (nSPS) is 11.1. The number of nitrogens with two attached hydrogens (primary N) is 1. The average Bonchev–Trinajstić information content (AvgIpc) is 3.09. The zero-order valence-corrected chi connectivity index (χ0v) is 13.0. The number of fused-ring (bicyclic) bond motifs is 1. The molecule has 0 radical (unpaired) electrons. The Morgan fingerprint density at radius 3 is 2.81 bits per heavy atom. The van der Waals surface area contributed by atoms with Gasteiger partial charge in [-0.1, -0.05) is 30.3 Å². The van der Waals surface area contributed by atoms with Gasteiger partial charge in [-0.3, -0.25) is 4.40 Å². The lowest BCUT2D eigenvalue weighted by atomic mass is 10.2. The van der Waals surface area contributed by atoms with Gasteiger partial charge in [0.1, 0.15) is 0 Å². The summed E-state index contributed by atoms with van der Waals surface area (Å²) >= 11 is 1.67. The number of anilines is 1. The van der Waals surface area contributed by atoms with Gasteiger partial charge >= 0.3 is 0 Å². The largest absolute Gasteiger partial charge is 0.351 e. The fourth-order valence-electron chi connectivity index (χ4n) is 2.58. The lowest BCUT2D eigenvalue weighted by molar-refractivity contribution is 0.799. The van der Waals surface area contributed by atoms with Crippen molar-refractivity contribution in [3.8, 4) is 0 Å². The highest BCUT2D eigenvalue weighted by molar-refractivity contribution is 7.15. The van der Waals surface area contributed by atoms with Crippen LogP contribution >= 0.6 is 11.3 Å². The molecule has 2 aromatic heterocycles. The zero-order valence-electron chi connectivity index (χ0n) is 12.2. The van der Waals surface area contributed by atoms with Gasteiger partial charge in [-0.25, -0.2) is 4.98 Å². The molecule has 0 amide bonds. The van der Waals surface area contributed by atoms with Crippen molar-refractivity contribution in [1.82, 2.24) is 9.38 Å². The van der Waals surface area contributed by atoms with Crippen LogP contribution in [0, 0.1) is 0 Å². The van der Waals surface area contributed by atoms with Crippen molar-refractivity contribution in [2.45, 2.75) is 19.9 Å². The summed E-state index contributed by atoms with van der Waals surface area (Å²) < 4.78 is 2.17. The van der Waals surface area contributed by atoms with E-state index in [4.69, 9.17) is 10.7 Å². The highest BCUT2D eigenvalue weighted by atomic mass is 32.1. The molecule has 0 aliphatic rings. The summed E-state index contributed by atoms with van der Waals surface area (Å²) in [6.07, 6.45) is 2.93. The maximum atomic E-state index is 5.79. The Labute approximate surface area is 128 Å². The number of thiazole rings is 1. The summed E-state index contributed by atoms with van der Waals surface area (Å²) in [5.74, 6) is 1.07. The van der Waals surface area contributed by atoms with Gasteiger partial charge in [-0.15, -0.1) is 11.3 Å². The first-order chi connectivity index (χ1) is 10.3. The van der Waals surface area contributed by atoms with Crippen LogP contribution in [0.25, 0.3) is 4.96 Å². The van der Waals surface area contributed by atoms with Crippen molar-refractivity contribution in [3.05, 3.63) is 53.2 Å². The molecule has 0 atom stereocenters. The van der Waals surface area contributed by atoms with Crippen molar-refractivity contribution >= 4 is 22.1 Å². The Balaban J connectivity index is 1.96. The van der Waals surface area contributed by atoms with E-state index in [1.807, 2.05) is 6.07 Å². The van der Waals surface area contributed by atoms with Gasteiger partial charge in [0.05, 0.1) is 5.69 Å². The Bertz CT molecular complexity index is 701. The number of aromatic nitrogens is 2. The molecule has 2 N–H and O–H groups in total. The molecular formula is C16H20N4S. The van der Waals surface area contributed by atoms with E-state index in [1.165, 1.54) is 11.3 Å². The summed E-state index contributed by atoms with van der Waals surface area (Å²) in [5.41, 5.74) is 8.30. The van der Waals surface area contributed by atoms with E-state index in [-0.39, 0.29) is 0 Å². The molecule has 21 heavy (non-hydrogen) atoms. The smallest absolute Gasteiger partial charge is 0.195 e. The van der Waals surface area contributed by atoms with Crippen LogP contribution in [-0.2, 0) is 13.0 Å². The molecule has 0 aliphatic heterocycles. The second-order valence-corrected chi connectivity index (χ2v) is 5.85. The third kappa shape index (κ3) is 2.80. The van der Waals surface area contributed by atoms with Crippen molar-refractivity contribution in [1.29, 1.82) is 0 Å². The first-order valence-corrected chi connectivity index (χ1v) is 8.14. The molecule has 3 rings (SSSR count). The number of hydrogen-bond donors (Lipinski definition) is 1. The Hall–Kier alpha value is -1.85. The van der Waals surface area contributed by atoms with Gasteiger partial charge in [0.25, 0.3) is 0 Å². The van der Waals surface area contributed by atoms with Crippen molar-refractivity contribution < 1.29 is 0 Å². The highest BCUT2D eigenvalue weighted by Crippen LogP contribution is 2.26. The Kier molecular flexibility index (Phi) is 4.22. The molecular weight excluding hydrogens is 280 g/mol. The molecule has 0 spiro atoms. The lowest BCUT2D eigenvalue weighted by Crippen LogP contribution is -2.24. The van der Waals surface area contributed by atoms with E-state index < -0.39 is 0 Å². The Morgan fingerprint density at radius 1 is 1.29 bits per heavy atom. The SMILES string of the molecule is CCN(Cc1ccccc1)c1nc2sccn2c1CCN. The van der Waals surface area contributed by atoms with Gasteiger partial charge in [0.15, 0.2) is 10.8 Å². The summed E-state index contributed by atoms with van der Waals surface area (Å²) in [5, 5.41) is 2.07. The van der Waals surface area contributed by atoms with E-state index in [9.17, 15) is 0 Å². The maximum Gasteiger partial charge on any atom is 0.195 e. The van der Waals surface area contributed by atoms with E-state index in [1.54, 1.807) is 11.3 Å². The van der Waals surface area contributed by atoms with Crippen LogP contribution in [0.3, 0.4) is 0 Å². The predicted molar refractivity (Wildman–Crippen MR) is 89.0 cm³/mol. The van der Waals surface area contributed by atoms with E-state index >= 15 is 0 Å². The monoisotopic (exact) mass is 300 g/mol. The lowest BCUT2D eigenvalue weighted by Gasteiger charge is -2.22. The first kappa shape index (κ1) is 14.1. The summed E-state index contributed by atoms with van der Waals surface area (Å²) in [6.45, 7) is 4.61. The van der Waals surface area contributed by atoms with Gasteiger partial charge < -0.3 is 10.6 Å². The van der Waals surface area contributed by atoms with Gasteiger partial charge in [-0.05, 0) is 19.0 Å². The fraction of sp³-hybridized carbons (Fsp3) is 0.312. The standard InChI is InChI=1S/C16H20N4S/c1-2-19(12-13-6-4-3-5-7-13)15-14(8-9-17)20-10-11-21-16(20)18-15/h3-7,10-11H,2,8-9,12,17H2,1H3. The summed E-state index contributed by atoms with van der Waals surface area (Å²) in [4.78, 5) is 8.17. The molecule has 3 aromatic rings. The van der Waals surface area contributed by atoms with E-state index in [0.29, 0.717) is 6.54 Å². The minimum absolute atomic E-state index is 0.638. The van der Waals surface area contributed by atoms with Crippen molar-refractivity contribution in [3.63, 3.8) is 0 Å². The predicted octanol–water partition coefficient (Wildman–Crippen LogP) is 2.92. The van der Waals surface area contributed by atoms with Crippen LogP contribution in [0.4, 0.5) is 5.82 Å². The number of nitrogens with zero attached hydrogens (tertiary/aromatic N) is 3. The molecule has 0 aliphatic carbocycles. The number of hydrogen-bond acceptors (Lipinski definition) is 4. The summed E-state index contributed by atoms with van der Waals surface area (Å²) in [7, 11) is 0. The molecule has 0 saturated carbocycles. The molecule has 4 nitrogen and oxygen atoms in total. The third-order valence-corrected chi connectivity index (χ3v) is 4.38. The minimum Gasteiger partial charge on any atom is -0.351 e. The number of rotatable bonds is 6. The third-order valence-electron chi connectivity index (χ3n) is 3.62. The number of benzene rings is 1. The van der Waals surface area contributed by atoms with Crippen molar-refractivity contribution in [2.75, 3.05) is 18.0 Å². The number of imidazole rings is 1. The van der Waals surface area contributed by atoms with Crippen LogP contribution in [0.5, 0.6) is 0 Å². The highest BCUT2D eigenvalue weighted by Gasteiger charge is 2.17. The summed E-state index contributed by atoms with van der Waals surface area (Å²) in [6, 6.07) is 10.5. The van der Waals surface area contributed by atoms with E-state index in [2.05, 4.69) is 52.1 Å². The molecule has 1 aromatic carbocycles. The van der Waals surface area contributed by atoms with Crippen LogP contribution in [0.1, 0.15) is 18.2 Å². The van der Waals surface area contributed by atoms with Crippen LogP contribution in [0.2, 0.25) is 0 Å². The average molecular weight is 300 g/mol. The molecule has 0 saturated heterocycles. The first-order valence-electron chi connectivity index (χ1n) is 7.26. The molecule has 2 heterocycles. The van der Waals surface area contributed by atoms with Crippen molar-refractivity contribution in [2.24, 2.45) is 5.73 Å². The van der Waals surface area contributed by atoms with Crippen LogP contribution in [0.15, 0.2) is 41.9 Å². The zero-order chi connectivity index (χ0) is 14.7. The van der Waals surface area contributed by atoms with Gasteiger partial charge in [-0.2, -0.15) is 0 Å². The fourth-order valence-corrected chi connectivity index (χ4v) is 3.31. The quantitative estimate of drug-likeness (QED) is 0.761. The molecule has 5 heteroatoms. The maximum absolute atomic E-state index is 5.79. The molecule has 110 valence electrons. The van der Waals surface area contributed by atoms with Crippen LogP contribution < -0.4 is 10.6 Å². The Morgan fingerprint density at radius 2 is 2.10 bits per heavy atom. The second kappa shape index (κ2) is 6.28. The topological polar surface area (TPSA) is 46.6 Å². The second-order valence-electron chi connectivity index (χ2n) is 4.98. The minimum atomic E-state index is 0.638. The van der Waals surface area contributed by atoms with Crippen LogP contribution in [-0.4, -0.2) is 22.5 Å². The van der Waals surface area contributed by atoms with Gasteiger partial charge in [0.2, 0.25) is 0 Å². The van der Waals surface area contributed by atoms with E-state index in [0.717, 1.165) is 30.3 Å². The molecule has 0 unspecified atom stereocenters. The molecule has 0 fully saturated rings. The molecule has 0 bridgehead atoms. The van der Waals surface area contributed by atoms with Gasteiger partial charge in [0, 0.05) is 31.1 Å².